The van der Waals surface area contributed by atoms with Gasteiger partial charge < -0.3 is 10.6 Å². The third kappa shape index (κ3) is 6.48. The van der Waals surface area contributed by atoms with Gasteiger partial charge in [0, 0.05) is 36.6 Å². The van der Waals surface area contributed by atoms with Crippen LogP contribution in [0, 0.1) is 5.92 Å². The van der Waals surface area contributed by atoms with Crippen LogP contribution in [0.4, 0.5) is 13.2 Å². The van der Waals surface area contributed by atoms with Crippen LogP contribution in [0.3, 0.4) is 0 Å². The Labute approximate surface area is 189 Å². The fraction of sp³-hybridized carbons (Fsp3) is 0.632. The van der Waals surface area contributed by atoms with Gasteiger partial charge in [0.05, 0.1) is 6.54 Å². The molecule has 0 aromatic heterocycles. The van der Waals surface area contributed by atoms with Gasteiger partial charge in [-0.2, -0.15) is 13.2 Å². The monoisotopic (exact) mass is 574 g/mol. The molecule has 1 atom stereocenters. The fourth-order valence-corrected chi connectivity index (χ4v) is 4.48. The molecular weight excluding hydrogens is 548 g/mol. The molecule has 2 N–H and O–H groups in total. The summed E-state index contributed by atoms with van der Waals surface area (Å²) in [5.74, 6) is 0.923. The summed E-state index contributed by atoms with van der Waals surface area (Å²) in [4.78, 5) is 5.74. The summed E-state index contributed by atoms with van der Waals surface area (Å²) >= 11 is 3.64. The van der Waals surface area contributed by atoms with E-state index in [4.69, 9.17) is 0 Å². The van der Waals surface area contributed by atoms with Crippen molar-refractivity contribution in [2.24, 2.45) is 10.9 Å². The van der Waals surface area contributed by atoms with Crippen LogP contribution >= 0.6 is 39.9 Å². The topological polar surface area (TPSA) is 39.7 Å². The van der Waals surface area contributed by atoms with Gasteiger partial charge in [-0.1, -0.05) is 34.1 Å². The van der Waals surface area contributed by atoms with Gasteiger partial charge in [-0.05, 0) is 43.4 Å². The van der Waals surface area contributed by atoms with Gasteiger partial charge in [-0.25, -0.2) is 0 Å². The van der Waals surface area contributed by atoms with Gasteiger partial charge in [0.25, 0.3) is 0 Å². The van der Waals surface area contributed by atoms with E-state index >= 15 is 0 Å². The Morgan fingerprint density at radius 2 is 2.00 bits per heavy atom. The van der Waals surface area contributed by atoms with Gasteiger partial charge in [0.15, 0.2) is 5.96 Å². The van der Waals surface area contributed by atoms with Crippen LogP contribution in [-0.2, 0) is 5.41 Å². The molecule has 1 unspecified atom stereocenters. The number of rotatable bonds is 6. The zero-order chi connectivity index (χ0) is 19.5. The van der Waals surface area contributed by atoms with Gasteiger partial charge in [-0.15, -0.1) is 24.0 Å². The third-order valence-electron chi connectivity index (χ3n) is 5.45. The lowest BCUT2D eigenvalue weighted by atomic mass is 9.96. The first kappa shape index (κ1) is 23.7. The lowest BCUT2D eigenvalue weighted by molar-refractivity contribution is -0.143. The minimum absolute atomic E-state index is 0. The highest BCUT2D eigenvalue weighted by Crippen LogP contribution is 2.49. The maximum atomic E-state index is 12.5. The number of hydrogen-bond acceptors (Lipinski definition) is 2. The number of hydrogen-bond donors (Lipinski definition) is 2. The first-order chi connectivity index (χ1) is 12.8. The van der Waals surface area contributed by atoms with Crippen molar-refractivity contribution >= 4 is 45.9 Å². The molecule has 4 nitrogen and oxygen atoms in total. The van der Waals surface area contributed by atoms with E-state index in [1.807, 2.05) is 6.07 Å². The molecule has 28 heavy (non-hydrogen) atoms. The molecule has 1 saturated carbocycles. The second-order valence-electron chi connectivity index (χ2n) is 7.57. The van der Waals surface area contributed by atoms with Crippen LogP contribution in [0.15, 0.2) is 33.7 Å². The second kappa shape index (κ2) is 9.97. The maximum Gasteiger partial charge on any atom is 0.401 e. The number of guanidine groups is 1. The van der Waals surface area contributed by atoms with E-state index in [-0.39, 0.29) is 35.3 Å². The van der Waals surface area contributed by atoms with Gasteiger partial charge >= 0.3 is 6.18 Å². The number of aliphatic imine (C=N–C) groups is 1. The third-order valence-corrected chi connectivity index (χ3v) is 6.14. The predicted molar refractivity (Wildman–Crippen MR) is 120 cm³/mol. The number of nitrogens with one attached hydrogen (secondary N) is 2. The molecule has 2 aliphatic rings. The average Bonchev–Trinajstić information content (AvgIpc) is 3.27. The Morgan fingerprint density at radius 1 is 1.29 bits per heavy atom. The van der Waals surface area contributed by atoms with Crippen molar-refractivity contribution in [1.82, 2.24) is 15.5 Å². The van der Waals surface area contributed by atoms with Crippen LogP contribution in [0.1, 0.15) is 24.8 Å². The number of alkyl halides is 3. The summed E-state index contributed by atoms with van der Waals surface area (Å²) in [5.41, 5.74) is 1.45. The minimum Gasteiger partial charge on any atom is -0.356 e. The normalized spacial score (nSPS) is 21.9. The van der Waals surface area contributed by atoms with Crippen LogP contribution < -0.4 is 10.6 Å². The Bertz CT molecular complexity index is 679. The zero-order valence-electron chi connectivity index (χ0n) is 15.9. The van der Waals surface area contributed by atoms with Crippen LogP contribution in [-0.4, -0.2) is 56.8 Å². The summed E-state index contributed by atoms with van der Waals surface area (Å²) in [7, 11) is 1.72. The van der Waals surface area contributed by atoms with E-state index in [1.165, 1.54) is 10.5 Å². The van der Waals surface area contributed by atoms with E-state index in [1.54, 1.807) is 7.05 Å². The number of benzene rings is 1. The van der Waals surface area contributed by atoms with Crippen molar-refractivity contribution in [3.05, 3.63) is 34.3 Å². The Balaban J connectivity index is 0.00000280. The molecule has 0 spiro atoms. The van der Waals surface area contributed by atoms with Crippen molar-refractivity contribution in [2.45, 2.75) is 30.9 Å². The van der Waals surface area contributed by atoms with Crippen molar-refractivity contribution < 1.29 is 13.2 Å². The largest absolute Gasteiger partial charge is 0.401 e. The summed E-state index contributed by atoms with van der Waals surface area (Å²) < 4.78 is 38.6. The van der Waals surface area contributed by atoms with E-state index in [0.717, 1.165) is 30.3 Å². The van der Waals surface area contributed by atoms with Crippen molar-refractivity contribution in [2.75, 3.05) is 39.8 Å². The van der Waals surface area contributed by atoms with Crippen molar-refractivity contribution in [3.63, 3.8) is 0 Å². The van der Waals surface area contributed by atoms with Crippen LogP contribution in [0.5, 0.6) is 0 Å². The number of halogens is 5. The van der Waals surface area contributed by atoms with Crippen molar-refractivity contribution in [1.29, 1.82) is 0 Å². The Hall–Kier alpha value is -0.550. The molecule has 3 rings (SSSR count). The molecule has 0 amide bonds. The summed E-state index contributed by atoms with van der Waals surface area (Å²) in [6.07, 6.45) is -1.07. The maximum absolute atomic E-state index is 12.5. The van der Waals surface area contributed by atoms with Gasteiger partial charge in [-0.3, -0.25) is 9.89 Å². The minimum atomic E-state index is -4.12. The van der Waals surface area contributed by atoms with E-state index in [0.29, 0.717) is 25.6 Å². The molecule has 158 valence electrons. The summed E-state index contributed by atoms with van der Waals surface area (Å²) in [5, 5.41) is 6.68. The molecule has 1 aromatic carbocycles. The smallest absolute Gasteiger partial charge is 0.356 e. The first-order valence-corrected chi connectivity index (χ1v) is 10.1. The summed E-state index contributed by atoms with van der Waals surface area (Å²) in [6.45, 7) is 1.59. The van der Waals surface area contributed by atoms with Crippen LogP contribution in [0.25, 0.3) is 0 Å². The molecule has 9 heteroatoms. The fourth-order valence-electron chi connectivity index (χ4n) is 3.77. The zero-order valence-corrected chi connectivity index (χ0v) is 19.8. The molecule has 1 aromatic rings. The predicted octanol–water partition coefficient (Wildman–Crippen LogP) is 4.15. The van der Waals surface area contributed by atoms with Crippen LogP contribution in [0.2, 0.25) is 0 Å². The molecular formula is C19H27BrF3IN4. The molecule has 1 aliphatic carbocycles. The number of nitrogens with zero attached hydrogens (tertiary/aromatic N) is 2. The SMILES string of the molecule is CN=C(NCC1CCN(CC(F)(F)F)C1)NCC1(c2ccccc2Br)CC1.I. The average molecular weight is 575 g/mol. The molecule has 1 saturated heterocycles. The Kier molecular flexibility index (Phi) is 8.45. The lowest BCUT2D eigenvalue weighted by Crippen LogP contribution is -2.43. The lowest BCUT2D eigenvalue weighted by Gasteiger charge is -2.21. The highest BCUT2D eigenvalue weighted by molar-refractivity contribution is 14.0. The number of likely N-dealkylation sites (tertiary alicyclic amines) is 1. The molecule has 2 fully saturated rings. The van der Waals surface area contributed by atoms with E-state index in [2.05, 4.69) is 49.8 Å². The van der Waals surface area contributed by atoms with E-state index in [9.17, 15) is 13.2 Å². The second-order valence-corrected chi connectivity index (χ2v) is 8.43. The molecule has 0 radical (unpaired) electrons. The molecule has 1 heterocycles. The Morgan fingerprint density at radius 3 is 2.61 bits per heavy atom. The molecule has 0 bridgehead atoms. The van der Waals surface area contributed by atoms with Gasteiger partial charge in [0.1, 0.15) is 0 Å². The van der Waals surface area contributed by atoms with Gasteiger partial charge in [0.2, 0.25) is 0 Å². The van der Waals surface area contributed by atoms with Crippen molar-refractivity contribution in [3.8, 4) is 0 Å². The highest BCUT2D eigenvalue weighted by atomic mass is 127. The quantitative estimate of drug-likeness (QED) is 0.305. The standard InChI is InChI=1S/C19H26BrF3N4.HI/c1-24-17(25-10-14-6-9-27(11-14)13-19(21,22)23)26-12-18(7-8-18)15-4-2-3-5-16(15)20;/h2-5,14H,6-13H2,1H3,(H2,24,25,26);1H. The van der Waals surface area contributed by atoms with E-state index < -0.39 is 12.7 Å². The highest BCUT2D eigenvalue weighted by Gasteiger charge is 2.45. The first-order valence-electron chi connectivity index (χ1n) is 9.30. The molecule has 1 aliphatic heterocycles. The summed E-state index contributed by atoms with van der Waals surface area (Å²) in [6, 6.07) is 8.29.